The van der Waals surface area contributed by atoms with Gasteiger partial charge in [-0.3, -0.25) is 9.59 Å². The summed E-state index contributed by atoms with van der Waals surface area (Å²) in [4.78, 5) is 24.1. The summed E-state index contributed by atoms with van der Waals surface area (Å²) in [5, 5.41) is 5.54. The highest BCUT2D eigenvalue weighted by molar-refractivity contribution is 6.04. The van der Waals surface area contributed by atoms with Crippen molar-refractivity contribution in [3.8, 4) is 5.75 Å². The molecule has 0 radical (unpaired) electrons. The second-order valence-electron chi connectivity index (χ2n) is 5.24. The molecule has 2 rings (SSSR count). The van der Waals surface area contributed by atoms with Crippen LogP contribution in [-0.2, 0) is 4.74 Å². The van der Waals surface area contributed by atoms with Gasteiger partial charge >= 0.3 is 0 Å². The van der Waals surface area contributed by atoms with Gasteiger partial charge in [0.1, 0.15) is 5.75 Å². The fraction of sp³-hybridized carbons (Fsp3) is 0.263. The van der Waals surface area contributed by atoms with Crippen molar-refractivity contribution in [2.45, 2.75) is 6.92 Å². The van der Waals surface area contributed by atoms with E-state index >= 15 is 0 Å². The van der Waals surface area contributed by atoms with Crippen LogP contribution >= 0.6 is 0 Å². The van der Waals surface area contributed by atoms with E-state index in [9.17, 15) is 9.59 Å². The summed E-state index contributed by atoms with van der Waals surface area (Å²) in [6.07, 6.45) is 0. The number of carbonyl (C=O) groups is 2. The lowest BCUT2D eigenvalue weighted by Crippen LogP contribution is -2.26. The molecule has 0 aliphatic rings. The average molecular weight is 342 g/mol. The van der Waals surface area contributed by atoms with Crippen LogP contribution in [0.2, 0.25) is 0 Å². The second-order valence-corrected chi connectivity index (χ2v) is 5.24. The molecule has 0 aromatic heterocycles. The first kappa shape index (κ1) is 18.5. The van der Waals surface area contributed by atoms with Crippen molar-refractivity contribution in [1.82, 2.24) is 5.32 Å². The Morgan fingerprint density at radius 2 is 1.52 bits per heavy atom. The fourth-order valence-electron chi connectivity index (χ4n) is 2.15. The molecule has 0 heterocycles. The van der Waals surface area contributed by atoms with Gasteiger partial charge in [-0.2, -0.15) is 0 Å². The summed E-state index contributed by atoms with van der Waals surface area (Å²) >= 11 is 0. The Labute approximate surface area is 147 Å². The standard InChI is InChI=1S/C19H22N2O4/c1-3-25-17-10-6-15(7-11-17)19(23)21-16-8-4-14(5-9-16)18(22)20-12-13-24-2/h4-11H,3,12-13H2,1-2H3,(H,20,22)(H,21,23). The number of carbonyl (C=O) groups excluding carboxylic acids is 2. The monoisotopic (exact) mass is 342 g/mol. The van der Waals surface area contributed by atoms with Gasteiger partial charge in [0.25, 0.3) is 11.8 Å². The van der Waals surface area contributed by atoms with E-state index in [0.29, 0.717) is 36.6 Å². The van der Waals surface area contributed by atoms with Crippen molar-refractivity contribution >= 4 is 17.5 Å². The van der Waals surface area contributed by atoms with Gasteiger partial charge in [0.15, 0.2) is 0 Å². The lowest BCUT2D eigenvalue weighted by atomic mass is 10.1. The lowest BCUT2D eigenvalue weighted by Gasteiger charge is -2.08. The SMILES string of the molecule is CCOc1ccc(C(=O)Nc2ccc(C(=O)NCCOC)cc2)cc1. The molecule has 6 nitrogen and oxygen atoms in total. The highest BCUT2D eigenvalue weighted by Crippen LogP contribution is 2.15. The van der Waals surface area contributed by atoms with E-state index in [-0.39, 0.29) is 11.8 Å². The zero-order chi connectivity index (χ0) is 18.1. The normalized spacial score (nSPS) is 10.2. The van der Waals surface area contributed by atoms with Crippen LogP contribution in [0.5, 0.6) is 5.75 Å². The number of nitrogens with one attached hydrogen (secondary N) is 2. The molecule has 2 aromatic carbocycles. The van der Waals surface area contributed by atoms with Gasteiger partial charge in [-0.05, 0) is 55.5 Å². The summed E-state index contributed by atoms with van der Waals surface area (Å²) < 4.78 is 10.2. The maximum Gasteiger partial charge on any atom is 0.255 e. The Morgan fingerprint density at radius 3 is 2.12 bits per heavy atom. The molecule has 2 amide bonds. The molecule has 0 saturated heterocycles. The molecule has 0 unspecified atom stereocenters. The third-order valence-electron chi connectivity index (χ3n) is 3.42. The molecule has 0 atom stereocenters. The number of anilines is 1. The number of rotatable bonds is 8. The van der Waals surface area contributed by atoms with Crippen LogP contribution in [0.4, 0.5) is 5.69 Å². The van der Waals surface area contributed by atoms with Gasteiger partial charge < -0.3 is 20.1 Å². The third kappa shape index (κ3) is 5.61. The first-order valence-electron chi connectivity index (χ1n) is 8.05. The Kier molecular flexibility index (Phi) is 6.98. The molecule has 0 fully saturated rings. The van der Waals surface area contributed by atoms with Crippen LogP contribution in [0.3, 0.4) is 0 Å². The Bertz CT molecular complexity index is 696. The minimum absolute atomic E-state index is 0.179. The molecule has 2 aromatic rings. The van der Waals surface area contributed by atoms with E-state index in [0.717, 1.165) is 5.75 Å². The summed E-state index contributed by atoms with van der Waals surface area (Å²) in [6.45, 7) is 3.40. The summed E-state index contributed by atoms with van der Waals surface area (Å²) in [6, 6.07) is 13.6. The van der Waals surface area contributed by atoms with Gasteiger partial charge in [0.2, 0.25) is 0 Å². The van der Waals surface area contributed by atoms with Gasteiger partial charge in [-0.1, -0.05) is 0 Å². The highest BCUT2D eigenvalue weighted by atomic mass is 16.5. The molecule has 2 N–H and O–H groups in total. The van der Waals surface area contributed by atoms with Crippen LogP contribution in [0.25, 0.3) is 0 Å². The van der Waals surface area contributed by atoms with Crippen molar-refractivity contribution in [3.05, 3.63) is 59.7 Å². The van der Waals surface area contributed by atoms with Crippen molar-refractivity contribution in [3.63, 3.8) is 0 Å². The van der Waals surface area contributed by atoms with Crippen LogP contribution in [0.1, 0.15) is 27.6 Å². The number of hydrogen-bond donors (Lipinski definition) is 2. The van der Waals surface area contributed by atoms with Crippen molar-refractivity contribution in [1.29, 1.82) is 0 Å². The van der Waals surface area contributed by atoms with Gasteiger partial charge in [0.05, 0.1) is 13.2 Å². The maximum atomic E-state index is 12.2. The number of ether oxygens (including phenoxy) is 2. The number of methoxy groups -OCH3 is 1. The van der Waals surface area contributed by atoms with Crippen LogP contribution in [-0.4, -0.2) is 38.7 Å². The molecule has 6 heteroatoms. The van der Waals surface area contributed by atoms with Gasteiger partial charge in [-0.15, -0.1) is 0 Å². The van der Waals surface area contributed by atoms with Crippen molar-refractivity contribution in [2.24, 2.45) is 0 Å². The highest BCUT2D eigenvalue weighted by Gasteiger charge is 2.08. The fourth-order valence-corrected chi connectivity index (χ4v) is 2.15. The zero-order valence-corrected chi connectivity index (χ0v) is 14.4. The van der Waals surface area contributed by atoms with Gasteiger partial charge in [-0.25, -0.2) is 0 Å². The molecular formula is C19H22N2O4. The molecule has 0 saturated carbocycles. The molecule has 0 bridgehead atoms. The second kappa shape index (κ2) is 9.44. The minimum Gasteiger partial charge on any atom is -0.494 e. The van der Waals surface area contributed by atoms with E-state index < -0.39 is 0 Å². The smallest absolute Gasteiger partial charge is 0.255 e. The summed E-state index contributed by atoms with van der Waals surface area (Å²) in [7, 11) is 1.58. The molecule has 0 aliphatic carbocycles. The Morgan fingerprint density at radius 1 is 0.920 bits per heavy atom. The van der Waals surface area contributed by atoms with Crippen LogP contribution < -0.4 is 15.4 Å². The minimum atomic E-state index is -0.222. The average Bonchev–Trinajstić information content (AvgIpc) is 2.63. The molecule has 0 aliphatic heterocycles. The third-order valence-corrected chi connectivity index (χ3v) is 3.42. The summed E-state index contributed by atoms with van der Waals surface area (Å²) in [5.41, 5.74) is 1.67. The largest absolute Gasteiger partial charge is 0.494 e. The molecular weight excluding hydrogens is 320 g/mol. The molecule has 0 spiro atoms. The molecule has 132 valence electrons. The van der Waals surface area contributed by atoms with Crippen LogP contribution in [0, 0.1) is 0 Å². The van der Waals surface area contributed by atoms with Crippen molar-refractivity contribution in [2.75, 3.05) is 32.2 Å². The van der Waals surface area contributed by atoms with E-state index in [1.54, 1.807) is 55.6 Å². The zero-order valence-electron chi connectivity index (χ0n) is 14.4. The molecule has 25 heavy (non-hydrogen) atoms. The van der Waals surface area contributed by atoms with E-state index in [1.807, 2.05) is 6.92 Å². The first-order valence-corrected chi connectivity index (χ1v) is 8.05. The number of hydrogen-bond acceptors (Lipinski definition) is 4. The Balaban J connectivity index is 1.93. The quantitative estimate of drug-likeness (QED) is 0.723. The van der Waals surface area contributed by atoms with Gasteiger partial charge in [0, 0.05) is 30.5 Å². The predicted molar refractivity (Wildman–Crippen MR) is 96.2 cm³/mol. The summed E-state index contributed by atoms with van der Waals surface area (Å²) in [5.74, 6) is 0.324. The van der Waals surface area contributed by atoms with Crippen molar-refractivity contribution < 1.29 is 19.1 Å². The maximum absolute atomic E-state index is 12.2. The van der Waals surface area contributed by atoms with Crippen LogP contribution in [0.15, 0.2) is 48.5 Å². The Hall–Kier alpha value is -2.86. The first-order chi connectivity index (χ1) is 12.1. The number of benzene rings is 2. The number of amides is 2. The van der Waals surface area contributed by atoms with E-state index in [4.69, 9.17) is 9.47 Å². The van der Waals surface area contributed by atoms with E-state index in [1.165, 1.54) is 0 Å². The van der Waals surface area contributed by atoms with E-state index in [2.05, 4.69) is 10.6 Å². The topological polar surface area (TPSA) is 76.7 Å². The lowest BCUT2D eigenvalue weighted by molar-refractivity contribution is 0.0936. The predicted octanol–water partition coefficient (Wildman–Crippen LogP) is 2.71.